The number of hydrogen-bond donors (Lipinski definition) is 2. The van der Waals surface area contributed by atoms with Gasteiger partial charge in [-0.25, -0.2) is 8.42 Å². The highest BCUT2D eigenvalue weighted by molar-refractivity contribution is 7.89. The zero-order valence-corrected chi connectivity index (χ0v) is 17.0. The fraction of sp³-hybridized carbons (Fsp3) is 0.350. The number of carbonyl (C=O) groups excluding carboxylic acids is 2. The summed E-state index contributed by atoms with van der Waals surface area (Å²) in [6.45, 7) is 2.27. The van der Waals surface area contributed by atoms with Crippen molar-refractivity contribution in [1.29, 1.82) is 0 Å². The van der Waals surface area contributed by atoms with Crippen molar-refractivity contribution in [1.82, 2.24) is 14.6 Å². The lowest BCUT2D eigenvalue weighted by Crippen LogP contribution is -2.45. The first kappa shape index (κ1) is 20.9. The minimum atomic E-state index is -3.71. The molecule has 29 heavy (non-hydrogen) atoms. The molecule has 1 atom stereocenters. The summed E-state index contributed by atoms with van der Waals surface area (Å²) in [5.41, 5.74) is 1.42. The molecule has 8 nitrogen and oxygen atoms in total. The molecule has 1 saturated heterocycles. The molecule has 2 heterocycles. The van der Waals surface area contributed by atoms with Gasteiger partial charge in [-0.3, -0.25) is 14.6 Å². The van der Waals surface area contributed by atoms with E-state index in [1.807, 2.05) is 6.07 Å². The molecule has 0 bridgehead atoms. The van der Waals surface area contributed by atoms with Crippen LogP contribution in [0.25, 0.3) is 0 Å². The molecule has 0 aliphatic carbocycles. The van der Waals surface area contributed by atoms with Crippen molar-refractivity contribution in [3.63, 3.8) is 0 Å². The van der Waals surface area contributed by atoms with E-state index in [1.54, 1.807) is 30.6 Å². The van der Waals surface area contributed by atoms with Crippen LogP contribution in [0.5, 0.6) is 0 Å². The Morgan fingerprint density at radius 2 is 1.97 bits per heavy atom. The van der Waals surface area contributed by atoms with Crippen molar-refractivity contribution in [3.8, 4) is 0 Å². The van der Waals surface area contributed by atoms with Gasteiger partial charge in [-0.05, 0) is 48.7 Å². The molecule has 1 fully saturated rings. The summed E-state index contributed by atoms with van der Waals surface area (Å²) in [6, 6.07) is 9.70. The third-order valence-electron chi connectivity index (χ3n) is 4.76. The van der Waals surface area contributed by atoms with Crippen LogP contribution in [-0.4, -0.2) is 42.6 Å². The van der Waals surface area contributed by atoms with Crippen molar-refractivity contribution in [2.24, 2.45) is 5.92 Å². The van der Waals surface area contributed by atoms with Crippen molar-refractivity contribution >= 4 is 27.5 Å². The van der Waals surface area contributed by atoms with E-state index in [-0.39, 0.29) is 23.3 Å². The maximum Gasteiger partial charge on any atom is 0.243 e. The van der Waals surface area contributed by atoms with E-state index in [4.69, 9.17) is 0 Å². The van der Waals surface area contributed by atoms with Gasteiger partial charge in [-0.1, -0.05) is 6.07 Å². The maximum absolute atomic E-state index is 13.0. The van der Waals surface area contributed by atoms with Gasteiger partial charge >= 0.3 is 0 Å². The third kappa shape index (κ3) is 5.39. The van der Waals surface area contributed by atoms with Crippen LogP contribution in [0.2, 0.25) is 0 Å². The molecular formula is C20H24N4O4S. The van der Waals surface area contributed by atoms with Crippen LogP contribution in [-0.2, 0) is 26.2 Å². The lowest BCUT2D eigenvalue weighted by atomic mass is 9.99. The fourth-order valence-electron chi connectivity index (χ4n) is 3.27. The Balaban J connectivity index is 1.64. The molecule has 2 N–H and O–H groups in total. The van der Waals surface area contributed by atoms with Crippen LogP contribution < -0.4 is 10.6 Å². The number of nitrogens with one attached hydrogen (secondary N) is 2. The van der Waals surface area contributed by atoms with E-state index >= 15 is 0 Å². The predicted molar refractivity (Wildman–Crippen MR) is 108 cm³/mol. The highest BCUT2D eigenvalue weighted by Crippen LogP contribution is 2.25. The first-order valence-electron chi connectivity index (χ1n) is 9.40. The second-order valence-corrected chi connectivity index (χ2v) is 8.92. The molecular weight excluding hydrogens is 392 g/mol. The quantitative estimate of drug-likeness (QED) is 0.746. The van der Waals surface area contributed by atoms with Crippen LogP contribution in [0.1, 0.15) is 25.3 Å². The van der Waals surface area contributed by atoms with Crippen molar-refractivity contribution < 1.29 is 18.0 Å². The van der Waals surface area contributed by atoms with E-state index in [0.29, 0.717) is 31.6 Å². The summed E-state index contributed by atoms with van der Waals surface area (Å²) in [6.07, 6.45) is 4.61. The SMILES string of the molecule is CC(=O)Nc1ccc(S(=O)(=O)N2CCC[C@@H](C(=O)NCc3cccnc3)C2)cc1. The molecule has 1 aliphatic rings. The Kier molecular flexibility index (Phi) is 6.60. The summed E-state index contributed by atoms with van der Waals surface area (Å²) >= 11 is 0. The summed E-state index contributed by atoms with van der Waals surface area (Å²) in [4.78, 5) is 27.8. The topological polar surface area (TPSA) is 108 Å². The normalized spacial score (nSPS) is 17.5. The largest absolute Gasteiger partial charge is 0.352 e. The Labute approximate surface area is 170 Å². The lowest BCUT2D eigenvalue weighted by molar-refractivity contribution is -0.126. The molecule has 3 rings (SSSR count). The summed E-state index contributed by atoms with van der Waals surface area (Å²) in [7, 11) is -3.71. The van der Waals surface area contributed by atoms with Crippen molar-refractivity contribution in [2.45, 2.75) is 31.2 Å². The summed E-state index contributed by atoms with van der Waals surface area (Å²) in [5, 5.41) is 5.47. The molecule has 0 unspecified atom stereocenters. The summed E-state index contributed by atoms with van der Waals surface area (Å²) in [5.74, 6) is -0.777. The molecule has 1 aliphatic heterocycles. The molecule has 1 aromatic carbocycles. The lowest BCUT2D eigenvalue weighted by Gasteiger charge is -2.31. The minimum Gasteiger partial charge on any atom is -0.352 e. The van der Waals surface area contributed by atoms with Gasteiger partial charge in [0.05, 0.1) is 10.8 Å². The Morgan fingerprint density at radius 3 is 2.62 bits per heavy atom. The molecule has 154 valence electrons. The second kappa shape index (κ2) is 9.15. The van der Waals surface area contributed by atoms with Gasteiger partial charge in [0.15, 0.2) is 0 Å². The number of pyridine rings is 1. The molecule has 2 amide bonds. The van der Waals surface area contributed by atoms with Gasteiger partial charge in [0.25, 0.3) is 0 Å². The number of piperidine rings is 1. The van der Waals surface area contributed by atoms with Gasteiger partial charge in [-0.2, -0.15) is 4.31 Å². The third-order valence-corrected chi connectivity index (χ3v) is 6.64. The number of sulfonamides is 1. The van der Waals surface area contributed by atoms with Gasteiger partial charge in [0, 0.05) is 44.6 Å². The molecule has 1 aromatic heterocycles. The van der Waals surface area contributed by atoms with Crippen LogP contribution in [0, 0.1) is 5.92 Å². The zero-order valence-electron chi connectivity index (χ0n) is 16.2. The molecule has 0 spiro atoms. The van der Waals surface area contributed by atoms with Crippen LogP contribution in [0.15, 0.2) is 53.7 Å². The van der Waals surface area contributed by atoms with Crippen LogP contribution in [0.4, 0.5) is 5.69 Å². The number of rotatable bonds is 6. The van der Waals surface area contributed by atoms with Gasteiger partial charge in [0.1, 0.15) is 0 Å². The second-order valence-electron chi connectivity index (χ2n) is 6.99. The average Bonchev–Trinajstić information content (AvgIpc) is 2.73. The first-order chi connectivity index (χ1) is 13.9. The highest BCUT2D eigenvalue weighted by atomic mass is 32.2. The monoisotopic (exact) mass is 416 g/mol. The van der Waals surface area contributed by atoms with E-state index < -0.39 is 15.9 Å². The smallest absolute Gasteiger partial charge is 0.243 e. The minimum absolute atomic E-state index is 0.142. The van der Waals surface area contributed by atoms with E-state index in [2.05, 4.69) is 15.6 Å². The van der Waals surface area contributed by atoms with Crippen molar-refractivity contribution in [2.75, 3.05) is 18.4 Å². The number of anilines is 1. The van der Waals surface area contributed by atoms with Crippen LogP contribution >= 0.6 is 0 Å². The number of benzene rings is 1. The molecule has 2 aromatic rings. The molecule has 0 radical (unpaired) electrons. The van der Waals surface area contributed by atoms with E-state index in [0.717, 1.165) is 5.56 Å². The molecule has 9 heteroatoms. The zero-order chi connectivity index (χ0) is 20.9. The predicted octanol–water partition coefficient (Wildman–Crippen LogP) is 1.76. The number of hydrogen-bond acceptors (Lipinski definition) is 5. The summed E-state index contributed by atoms with van der Waals surface area (Å²) < 4.78 is 27.3. The number of carbonyl (C=O) groups is 2. The number of aromatic nitrogens is 1. The average molecular weight is 417 g/mol. The van der Waals surface area contributed by atoms with Crippen LogP contribution in [0.3, 0.4) is 0 Å². The standard InChI is InChI=1S/C20H24N4O4S/c1-15(25)23-18-6-8-19(9-7-18)29(27,28)24-11-3-5-17(14-24)20(26)22-13-16-4-2-10-21-12-16/h2,4,6-10,12,17H,3,5,11,13-14H2,1H3,(H,22,26)(H,23,25)/t17-/m1/s1. The van der Waals surface area contributed by atoms with Crippen molar-refractivity contribution in [3.05, 3.63) is 54.4 Å². The first-order valence-corrected chi connectivity index (χ1v) is 10.8. The van der Waals surface area contributed by atoms with E-state index in [9.17, 15) is 18.0 Å². The number of amides is 2. The van der Waals surface area contributed by atoms with Gasteiger partial charge < -0.3 is 10.6 Å². The molecule has 0 saturated carbocycles. The van der Waals surface area contributed by atoms with Gasteiger partial charge in [0.2, 0.25) is 21.8 Å². The fourth-order valence-corrected chi connectivity index (χ4v) is 4.80. The Morgan fingerprint density at radius 1 is 1.21 bits per heavy atom. The van der Waals surface area contributed by atoms with E-state index in [1.165, 1.54) is 23.4 Å². The maximum atomic E-state index is 13.0. The Hall–Kier alpha value is -2.78. The highest BCUT2D eigenvalue weighted by Gasteiger charge is 2.33. The van der Waals surface area contributed by atoms with Gasteiger partial charge in [-0.15, -0.1) is 0 Å². The number of nitrogens with zero attached hydrogens (tertiary/aromatic N) is 2. The Bertz CT molecular complexity index is 962.